The first-order chi connectivity index (χ1) is 6.77. The number of nitrogens with one attached hydrogen (secondary N) is 1. The molecular formula is C9H18ClN3O2. The van der Waals surface area contributed by atoms with Gasteiger partial charge in [0.1, 0.15) is 0 Å². The number of halogens is 1. The summed E-state index contributed by atoms with van der Waals surface area (Å²) in [4.78, 5) is 15.5. The minimum absolute atomic E-state index is 0. The quantitative estimate of drug-likeness (QED) is 0.595. The van der Waals surface area contributed by atoms with Gasteiger partial charge in [-0.15, -0.1) is 12.4 Å². The van der Waals surface area contributed by atoms with Crippen LogP contribution in [0.5, 0.6) is 0 Å². The van der Waals surface area contributed by atoms with Crippen molar-refractivity contribution in [3.8, 4) is 0 Å². The van der Waals surface area contributed by atoms with E-state index in [0.29, 0.717) is 13.1 Å². The third-order valence-corrected chi connectivity index (χ3v) is 2.82. The maximum atomic E-state index is 11.9. The van der Waals surface area contributed by atoms with Crippen LogP contribution >= 0.6 is 12.4 Å². The minimum atomic E-state index is -0.318. The Morgan fingerprint density at radius 1 is 1.20 bits per heavy atom. The smallest absolute Gasteiger partial charge is 0.320 e. The Kier molecular flexibility index (Phi) is 4.63. The normalized spacial score (nSPS) is 26.3. The fourth-order valence-electron chi connectivity index (χ4n) is 1.97. The molecule has 2 aliphatic heterocycles. The van der Waals surface area contributed by atoms with Crippen molar-refractivity contribution >= 4 is 18.4 Å². The maximum absolute atomic E-state index is 11.9. The number of likely N-dealkylation sites (tertiary alicyclic amines) is 1. The van der Waals surface area contributed by atoms with Gasteiger partial charge in [-0.3, -0.25) is 0 Å². The summed E-state index contributed by atoms with van der Waals surface area (Å²) in [5, 5.41) is 12.5. The highest BCUT2D eigenvalue weighted by atomic mass is 35.5. The number of rotatable bonds is 0. The van der Waals surface area contributed by atoms with Gasteiger partial charge in [0.05, 0.1) is 6.10 Å². The van der Waals surface area contributed by atoms with E-state index in [0.717, 1.165) is 32.6 Å². The van der Waals surface area contributed by atoms with Crippen LogP contribution in [0.3, 0.4) is 0 Å². The van der Waals surface area contributed by atoms with E-state index in [1.165, 1.54) is 0 Å². The first-order valence-electron chi connectivity index (χ1n) is 5.20. The first kappa shape index (κ1) is 12.5. The standard InChI is InChI=1S/C9H17N3O2.ClH/c13-8-1-4-12(7-8)9(14)11-5-2-10-3-6-11;/h8,10,13H,1-7H2;1H/t8-;/m0./s1. The molecule has 5 nitrogen and oxygen atoms in total. The number of hydrogen-bond acceptors (Lipinski definition) is 3. The number of urea groups is 1. The Bertz CT molecular complexity index is 215. The number of hydrogen-bond donors (Lipinski definition) is 2. The van der Waals surface area contributed by atoms with Crippen LogP contribution in [-0.2, 0) is 0 Å². The molecule has 0 aromatic heterocycles. The summed E-state index contributed by atoms with van der Waals surface area (Å²) >= 11 is 0. The van der Waals surface area contributed by atoms with Crippen molar-refractivity contribution in [2.75, 3.05) is 39.3 Å². The zero-order valence-corrected chi connectivity index (χ0v) is 9.50. The molecule has 2 aliphatic rings. The molecule has 1 atom stereocenters. The summed E-state index contributed by atoms with van der Waals surface area (Å²) in [5.74, 6) is 0. The van der Waals surface area contributed by atoms with Gasteiger partial charge in [-0.05, 0) is 6.42 Å². The molecule has 2 amide bonds. The molecular weight excluding hydrogens is 218 g/mol. The number of amides is 2. The highest BCUT2D eigenvalue weighted by molar-refractivity contribution is 5.85. The van der Waals surface area contributed by atoms with Crippen LogP contribution in [0.4, 0.5) is 4.79 Å². The van der Waals surface area contributed by atoms with Gasteiger partial charge in [0.25, 0.3) is 0 Å². The number of nitrogens with zero attached hydrogens (tertiary/aromatic N) is 2. The van der Waals surface area contributed by atoms with Gasteiger partial charge in [-0.2, -0.15) is 0 Å². The second kappa shape index (κ2) is 5.53. The van der Waals surface area contributed by atoms with Gasteiger partial charge in [-0.1, -0.05) is 0 Å². The molecule has 0 unspecified atom stereocenters. The van der Waals surface area contributed by atoms with Gasteiger partial charge in [0.15, 0.2) is 0 Å². The molecule has 2 N–H and O–H groups in total. The third kappa shape index (κ3) is 2.96. The van der Waals surface area contributed by atoms with Crippen LogP contribution in [0.25, 0.3) is 0 Å². The van der Waals surface area contributed by atoms with E-state index in [1.807, 2.05) is 4.90 Å². The number of aliphatic hydroxyl groups is 1. The summed E-state index contributed by atoms with van der Waals surface area (Å²) in [6.45, 7) is 4.52. The molecule has 2 saturated heterocycles. The molecule has 0 aliphatic carbocycles. The van der Waals surface area contributed by atoms with Crippen molar-refractivity contribution in [3.63, 3.8) is 0 Å². The Hall–Kier alpha value is -0.520. The van der Waals surface area contributed by atoms with Crippen LogP contribution in [0.2, 0.25) is 0 Å². The van der Waals surface area contributed by atoms with Gasteiger partial charge < -0.3 is 20.2 Å². The summed E-state index contributed by atoms with van der Waals surface area (Å²) in [6.07, 6.45) is 0.402. The van der Waals surface area contributed by atoms with Crippen molar-refractivity contribution in [1.82, 2.24) is 15.1 Å². The number of piperazine rings is 1. The summed E-state index contributed by atoms with van der Waals surface area (Å²) in [6, 6.07) is 0.0862. The monoisotopic (exact) mass is 235 g/mol. The maximum Gasteiger partial charge on any atom is 0.320 e. The SMILES string of the molecule is Cl.O=C(N1CCNCC1)N1CC[C@H](O)C1. The molecule has 0 saturated carbocycles. The molecule has 2 rings (SSSR count). The average molecular weight is 236 g/mol. The summed E-state index contributed by atoms with van der Waals surface area (Å²) in [5.41, 5.74) is 0. The van der Waals surface area contributed by atoms with Crippen molar-refractivity contribution in [1.29, 1.82) is 0 Å². The van der Waals surface area contributed by atoms with Crippen LogP contribution < -0.4 is 5.32 Å². The lowest BCUT2D eigenvalue weighted by Gasteiger charge is -2.31. The minimum Gasteiger partial charge on any atom is -0.391 e. The van der Waals surface area contributed by atoms with E-state index >= 15 is 0 Å². The zero-order valence-electron chi connectivity index (χ0n) is 8.69. The largest absolute Gasteiger partial charge is 0.391 e. The third-order valence-electron chi connectivity index (χ3n) is 2.82. The van der Waals surface area contributed by atoms with Gasteiger partial charge >= 0.3 is 6.03 Å². The van der Waals surface area contributed by atoms with Crippen molar-refractivity contribution in [2.45, 2.75) is 12.5 Å². The predicted octanol–water partition coefficient (Wildman–Crippen LogP) is -0.500. The van der Waals surface area contributed by atoms with E-state index in [4.69, 9.17) is 0 Å². The van der Waals surface area contributed by atoms with Crippen LogP contribution in [0.15, 0.2) is 0 Å². The Balaban J connectivity index is 0.00000112. The van der Waals surface area contributed by atoms with E-state index in [-0.39, 0.29) is 24.5 Å². The first-order valence-corrected chi connectivity index (χ1v) is 5.20. The van der Waals surface area contributed by atoms with Crippen LogP contribution in [-0.4, -0.2) is 66.3 Å². The highest BCUT2D eigenvalue weighted by Crippen LogP contribution is 2.11. The van der Waals surface area contributed by atoms with E-state index < -0.39 is 0 Å². The molecule has 0 aromatic carbocycles. The lowest BCUT2D eigenvalue weighted by atomic mass is 10.3. The predicted molar refractivity (Wildman–Crippen MR) is 59.3 cm³/mol. The Labute approximate surface area is 95.8 Å². The molecule has 0 aromatic rings. The lowest BCUT2D eigenvalue weighted by molar-refractivity contribution is 0.142. The fraction of sp³-hybridized carbons (Fsp3) is 0.889. The Morgan fingerprint density at radius 3 is 2.40 bits per heavy atom. The summed E-state index contributed by atoms with van der Waals surface area (Å²) < 4.78 is 0. The number of β-amino-alcohol motifs (C(OH)–C–C–N with tert-alkyl or cyclic N) is 1. The second-order valence-corrected chi connectivity index (χ2v) is 3.91. The molecule has 2 heterocycles. The number of carbonyl (C=O) groups is 1. The van der Waals surface area contributed by atoms with E-state index in [1.54, 1.807) is 4.90 Å². The molecule has 15 heavy (non-hydrogen) atoms. The average Bonchev–Trinajstić information content (AvgIpc) is 2.65. The molecule has 0 spiro atoms. The van der Waals surface area contributed by atoms with Crippen molar-refractivity contribution in [3.05, 3.63) is 0 Å². The topological polar surface area (TPSA) is 55.8 Å². The summed E-state index contributed by atoms with van der Waals surface area (Å²) in [7, 11) is 0. The van der Waals surface area contributed by atoms with Gasteiger partial charge in [0, 0.05) is 39.3 Å². The molecule has 0 bridgehead atoms. The van der Waals surface area contributed by atoms with Gasteiger partial charge in [-0.25, -0.2) is 4.79 Å². The van der Waals surface area contributed by atoms with Crippen molar-refractivity contribution in [2.24, 2.45) is 0 Å². The number of aliphatic hydroxyl groups excluding tert-OH is 1. The molecule has 0 radical (unpaired) electrons. The molecule has 2 fully saturated rings. The lowest BCUT2D eigenvalue weighted by Crippen LogP contribution is -2.51. The second-order valence-electron chi connectivity index (χ2n) is 3.91. The van der Waals surface area contributed by atoms with E-state index in [2.05, 4.69) is 5.32 Å². The Morgan fingerprint density at radius 2 is 1.87 bits per heavy atom. The van der Waals surface area contributed by atoms with Crippen LogP contribution in [0.1, 0.15) is 6.42 Å². The zero-order chi connectivity index (χ0) is 9.97. The molecule has 88 valence electrons. The van der Waals surface area contributed by atoms with Gasteiger partial charge in [0.2, 0.25) is 0 Å². The van der Waals surface area contributed by atoms with Crippen LogP contribution in [0, 0.1) is 0 Å². The number of carbonyl (C=O) groups excluding carboxylic acids is 1. The van der Waals surface area contributed by atoms with E-state index in [9.17, 15) is 9.90 Å². The highest BCUT2D eigenvalue weighted by Gasteiger charge is 2.28. The fourth-order valence-corrected chi connectivity index (χ4v) is 1.97. The molecule has 6 heteroatoms. The van der Waals surface area contributed by atoms with Crippen molar-refractivity contribution < 1.29 is 9.90 Å².